The van der Waals surface area contributed by atoms with Gasteiger partial charge in [-0.15, -0.1) is 0 Å². The molecule has 1 aliphatic heterocycles. The molecule has 34 heavy (non-hydrogen) atoms. The van der Waals surface area contributed by atoms with Crippen LogP contribution in [0, 0.1) is 0 Å². The van der Waals surface area contributed by atoms with Crippen molar-refractivity contribution in [1.29, 1.82) is 0 Å². The van der Waals surface area contributed by atoms with Gasteiger partial charge in [0.2, 0.25) is 11.9 Å². The Hall–Kier alpha value is -4.24. The molecule has 0 bridgehead atoms. The topological polar surface area (TPSA) is 91.2 Å². The SMILES string of the molecule is C=CC(=O)Nc1cccc(-n2cnc3cnc(Nc4ccc(N5CCN(C)CC5)cc4)nc32)c1. The molecule has 0 atom stereocenters. The fourth-order valence-corrected chi connectivity index (χ4v) is 3.93. The number of carbonyl (C=O) groups excluding carboxylic acids is 1. The molecule has 2 N–H and O–H groups in total. The first-order chi connectivity index (χ1) is 16.6. The third-order valence-corrected chi connectivity index (χ3v) is 5.86. The molecule has 1 amide bonds. The lowest BCUT2D eigenvalue weighted by atomic mass is 10.2. The number of hydrogen-bond acceptors (Lipinski definition) is 7. The molecule has 1 saturated heterocycles. The zero-order chi connectivity index (χ0) is 23.5. The van der Waals surface area contributed by atoms with Gasteiger partial charge in [0.25, 0.3) is 0 Å². The fraction of sp³-hybridized carbons (Fsp3) is 0.200. The lowest BCUT2D eigenvalue weighted by Gasteiger charge is -2.34. The molecule has 3 heterocycles. The highest BCUT2D eigenvalue weighted by Crippen LogP contribution is 2.23. The van der Waals surface area contributed by atoms with Gasteiger partial charge in [-0.25, -0.2) is 9.97 Å². The highest BCUT2D eigenvalue weighted by atomic mass is 16.1. The van der Waals surface area contributed by atoms with Crippen molar-refractivity contribution in [2.45, 2.75) is 0 Å². The Morgan fingerprint density at radius 1 is 1.00 bits per heavy atom. The Kier molecular flexibility index (Phi) is 5.92. The number of aromatic nitrogens is 4. The zero-order valence-electron chi connectivity index (χ0n) is 19.0. The van der Waals surface area contributed by atoms with Crippen molar-refractivity contribution in [3.63, 3.8) is 0 Å². The molecule has 0 spiro atoms. The molecular formula is C25H26N8O. The Labute approximate surface area is 197 Å². The van der Waals surface area contributed by atoms with Crippen LogP contribution in [0.3, 0.4) is 0 Å². The molecular weight excluding hydrogens is 428 g/mol. The largest absolute Gasteiger partial charge is 0.369 e. The number of rotatable bonds is 6. The maximum atomic E-state index is 11.7. The first kappa shape index (κ1) is 21.6. The molecule has 0 radical (unpaired) electrons. The molecule has 0 unspecified atom stereocenters. The third kappa shape index (κ3) is 4.60. The van der Waals surface area contributed by atoms with Gasteiger partial charge in [0, 0.05) is 43.2 Å². The number of benzene rings is 2. The van der Waals surface area contributed by atoms with Gasteiger partial charge in [0.05, 0.1) is 11.9 Å². The van der Waals surface area contributed by atoms with Crippen molar-refractivity contribution in [3.05, 3.63) is 73.7 Å². The first-order valence-electron chi connectivity index (χ1n) is 11.1. The van der Waals surface area contributed by atoms with Gasteiger partial charge in [0.1, 0.15) is 11.8 Å². The standard InChI is InChI=1S/C25H26N8O/c1-3-23(34)28-19-5-4-6-21(15-19)33-17-27-22-16-26-25(30-24(22)33)29-18-7-9-20(10-8-18)32-13-11-31(2)12-14-32/h3-10,15-17H,1,11-14H2,2H3,(H,28,34)(H,26,29,30). The van der Waals surface area contributed by atoms with Crippen molar-refractivity contribution in [3.8, 4) is 5.69 Å². The van der Waals surface area contributed by atoms with Crippen LogP contribution >= 0.6 is 0 Å². The predicted molar refractivity (Wildman–Crippen MR) is 135 cm³/mol. The average Bonchev–Trinajstić information content (AvgIpc) is 3.28. The zero-order valence-corrected chi connectivity index (χ0v) is 19.0. The van der Waals surface area contributed by atoms with Crippen molar-refractivity contribution >= 4 is 40.1 Å². The maximum absolute atomic E-state index is 11.7. The first-order valence-corrected chi connectivity index (χ1v) is 11.1. The van der Waals surface area contributed by atoms with Crippen molar-refractivity contribution in [2.24, 2.45) is 0 Å². The number of nitrogens with zero attached hydrogens (tertiary/aromatic N) is 6. The Morgan fingerprint density at radius 2 is 1.79 bits per heavy atom. The van der Waals surface area contributed by atoms with E-state index in [4.69, 9.17) is 4.98 Å². The van der Waals surface area contributed by atoms with E-state index in [1.54, 1.807) is 12.5 Å². The number of amides is 1. The van der Waals surface area contributed by atoms with Gasteiger partial charge in [-0.05, 0) is 55.6 Å². The minimum absolute atomic E-state index is 0.264. The van der Waals surface area contributed by atoms with Crippen LogP contribution in [0.5, 0.6) is 0 Å². The Bertz CT molecular complexity index is 1320. The van der Waals surface area contributed by atoms with Gasteiger partial charge >= 0.3 is 0 Å². The van der Waals surface area contributed by atoms with Crippen LogP contribution in [0.25, 0.3) is 16.9 Å². The lowest BCUT2D eigenvalue weighted by Crippen LogP contribution is -2.44. The summed E-state index contributed by atoms with van der Waals surface area (Å²) < 4.78 is 1.86. The molecule has 1 fully saturated rings. The monoisotopic (exact) mass is 454 g/mol. The lowest BCUT2D eigenvalue weighted by molar-refractivity contribution is -0.111. The second-order valence-corrected chi connectivity index (χ2v) is 8.22. The van der Waals surface area contributed by atoms with Crippen molar-refractivity contribution < 1.29 is 4.79 Å². The van der Waals surface area contributed by atoms with Gasteiger partial charge < -0.3 is 20.4 Å². The van der Waals surface area contributed by atoms with E-state index in [1.807, 2.05) is 41.0 Å². The molecule has 2 aromatic carbocycles. The number of hydrogen-bond donors (Lipinski definition) is 2. The van der Waals surface area contributed by atoms with Crippen LogP contribution in [0.1, 0.15) is 0 Å². The molecule has 2 aromatic heterocycles. The van der Waals surface area contributed by atoms with Gasteiger partial charge in [0.15, 0.2) is 5.65 Å². The summed E-state index contributed by atoms with van der Waals surface area (Å²) in [6, 6.07) is 15.8. The fourth-order valence-electron chi connectivity index (χ4n) is 3.93. The molecule has 4 aromatic rings. The molecule has 9 nitrogen and oxygen atoms in total. The second-order valence-electron chi connectivity index (χ2n) is 8.22. The summed E-state index contributed by atoms with van der Waals surface area (Å²) in [5, 5.41) is 6.06. The van der Waals surface area contributed by atoms with Crippen LogP contribution < -0.4 is 15.5 Å². The normalized spacial score (nSPS) is 14.2. The van der Waals surface area contributed by atoms with E-state index in [0.29, 0.717) is 22.8 Å². The minimum Gasteiger partial charge on any atom is -0.369 e. The summed E-state index contributed by atoms with van der Waals surface area (Å²) in [5.41, 5.74) is 4.96. The van der Waals surface area contributed by atoms with Crippen LogP contribution in [0.2, 0.25) is 0 Å². The predicted octanol–water partition coefficient (Wildman–Crippen LogP) is 3.44. The number of likely N-dealkylation sites (N-methyl/N-ethyl adjacent to an activating group) is 1. The van der Waals surface area contributed by atoms with Gasteiger partial charge in [-0.2, -0.15) is 4.98 Å². The van der Waals surface area contributed by atoms with Crippen molar-refractivity contribution in [1.82, 2.24) is 24.4 Å². The van der Waals surface area contributed by atoms with E-state index in [9.17, 15) is 4.79 Å². The van der Waals surface area contributed by atoms with Crippen molar-refractivity contribution in [2.75, 3.05) is 48.8 Å². The Morgan fingerprint density at radius 3 is 2.56 bits per heavy atom. The quantitative estimate of drug-likeness (QED) is 0.431. The van der Waals surface area contributed by atoms with Gasteiger partial charge in [-0.3, -0.25) is 9.36 Å². The summed E-state index contributed by atoms with van der Waals surface area (Å²) in [7, 11) is 2.16. The van der Waals surface area contributed by atoms with E-state index in [2.05, 4.69) is 56.2 Å². The molecule has 1 aliphatic rings. The van der Waals surface area contributed by atoms with E-state index in [0.717, 1.165) is 37.6 Å². The average molecular weight is 455 g/mol. The summed E-state index contributed by atoms with van der Waals surface area (Å²) in [4.78, 5) is 29.9. The van der Waals surface area contributed by atoms with E-state index in [-0.39, 0.29) is 5.91 Å². The molecule has 0 saturated carbocycles. The highest BCUT2D eigenvalue weighted by Gasteiger charge is 2.14. The number of nitrogens with one attached hydrogen (secondary N) is 2. The minimum atomic E-state index is -0.264. The number of imidazole rings is 1. The van der Waals surface area contributed by atoms with Crippen LogP contribution in [0.4, 0.5) is 23.0 Å². The van der Waals surface area contributed by atoms with E-state index in [1.165, 1.54) is 11.8 Å². The number of piperazine rings is 1. The molecule has 9 heteroatoms. The smallest absolute Gasteiger partial charge is 0.247 e. The number of fused-ring (bicyclic) bond motifs is 1. The van der Waals surface area contributed by atoms with E-state index < -0.39 is 0 Å². The van der Waals surface area contributed by atoms with Gasteiger partial charge in [-0.1, -0.05) is 12.6 Å². The van der Waals surface area contributed by atoms with E-state index >= 15 is 0 Å². The van der Waals surface area contributed by atoms with Crippen LogP contribution in [-0.4, -0.2) is 63.6 Å². The molecule has 172 valence electrons. The van der Waals surface area contributed by atoms with Crippen LogP contribution in [-0.2, 0) is 4.79 Å². The summed E-state index contributed by atoms with van der Waals surface area (Å²) in [6.07, 6.45) is 4.63. The summed E-state index contributed by atoms with van der Waals surface area (Å²) >= 11 is 0. The molecule has 0 aliphatic carbocycles. The summed E-state index contributed by atoms with van der Waals surface area (Å²) in [5.74, 6) is 0.220. The Balaban J connectivity index is 1.36. The third-order valence-electron chi connectivity index (χ3n) is 5.86. The second kappa shape index (κ2) is 9.32. The number of anilines is 4. The molecule has 5 rings (SSSR count). The summed E-state index contributed by atoms with van der Waals surface area (Å²) in [6.45, 7) is 7.71. The number of carbonyl (C=O) groups is 1. The maximum Gasteiger partial charge on any atom is 0.247 e. The highest BCUT2D eigenvalue weighted by molar-refractivity contribution is 5.99. The van der Waals surface area contributed by atoms with Crippen LogP contribution in [0.15, 0.2) is 73.7 Å².